The summed E-state index contributed by atoms with van der Waals surface area (Å²) < 4.78 is 0. The molecule has 1 aliphatic rings. The second kappa shape index (κ2) is 7.93. The highest BCUT2D eigenvalue weighted by atomic mass is 16.7. The number of rotatable bonds is 6. The number of hydroxylamine groups is 2. The Morgan fingerprint density at radius 2 is 2.21 bits per heavy atom. The Balaban J connectivity index is 2.22. The SMILES string of the molecule is NC(N)=NCCC[C@H](N)C(=O)ON1CCCC(N)C1. The van der Waals surface area contributed by atoms with E-state index in [2.05, 4.69) is 4.99 Å². The van der Waals surface area contributed by atoms with Crippen LogP contribution in [0.4, 0.5) is 0 Å². The second-order valence-electron chi connectivity index (χ2n) is 4.76. The van der Waals surface area contributed by atoms with Gasteiger partial charge in [-0.05, 0) is 25.7 Å². The summed E-state index contributed by atoms with van der Waals surface area (Å²) in [5, 5.41) is 1.59. The summed E-state index contributed by atoms with van der Waals surface area (Å²) in [5.41, 5.74) is 21.9. The molecule has 0 saturated carbocycles. The van der Waals surface area contributed by atoms with Gasteiger partial charge in [-0.25, -0.2) is 4.79 Å². The molecule has 0 aromatic rings. The molecule has 1 rings (SSSR count). The van der Waals surface area contributed by atoms with Crippen LogP contribution in [0.2, 0.25) is 0 Å². The zero-order chi connectivity index (χ0) is 14.3. The van der Waals surface area contributed by atoms with Crippen molar-refractivity contribution in [2.24, 2.45) is 27.9 Å². The van der Waals surface area contributed by atoms with E-state index in [4.69, 9.17) is 27.8 Å². The van der Waals surface area contributed by atoms with Crippen molar-refractivity contribution in [2.45, 2.75) is 37.8 Å². The molecule has 0 aromatic carbocycles. The van der Waals surface area contributed by atoms with Crippen molar-refractivity contribution >= 4 is 11.9 Å². The van der Waals surface area contributed by atoms with Gasteiger partial charge in [-0.15, -0.1) is 5.06 Å². The number of hydrogen-bond acceptors (Lipinski definition) is 6. The van der Waals surface area contributed by atoms with Crippen molar-refractivity contribution in [1.82, 2.24) is 5.06 Å². The van der Waals surface area contributed by atoms with Crippen LogP contribution in [-0.2, 0) is 9.63 Å². The van der Waals surface area contributed by atoms with Crippen molar-refractivity contribution in [3.05, 3.63) is 0 Å². The van der Waals surface area contributed by atoms with Crippen molar-refractivity contribution in [1.29, 1.82) is 0 Å². The number of piperidine rings is 1. The molecule has 0 radical (unpaired) electrons. The summed E-state index contributed by atoms with van der Waals surface area (Å²) in [7, 11) is 0. The Labute approximate surface area is 113 Å². The van der Waals surface area contributed by atoms with Crippen LogP contribution in [-0.4, -0.2) is 48.7 Å². The first-order valence-corrected chi connectivity index (χ1v) is 6.52. The van der Waals surface area contributed by atoms with Gasteiger partial charge < -0.3 is 27.8 Å². The van der Waals surface area contributed by atoms with Crippen molar-refractivity contribution in [2.75, 3.05) is 19.6 Å². The highest BCUT2D eigenvalue weighted by molar-refractivity contribution is 5.76. The molecule has 19 heavy (non-hydrogen) atoms. The summed E-state index contributed by atoms with van der Waals surface area (Å²) in [4.78, 5) is 20.8. The van der Waals surface area contributed by atoms with E-state index in [1.54, 1.807) is 5.06 Å². The van der Waals surface area contributed by atoms with Crippen LogP contribution < -0.4 is 22.9 Å². The van der Waals surface area contributed by atoms with Crippen LogP contribution >= 0.6 is 0 Å². The fourth-order valence-electron chi connectivity index (χ4n) is 1.89. The molecule has 8 heteroatoms. The predicted octanol–water partition coefficient (Wildman–Crippen LogP) is -1.75. The summed E-state index contributed by atoms with van der Waals surface area (Å²) in [5.74, 6) is -0.391. The number of carbonyl (C=O) groups is 1. The molecule has 0 spiro atoms. The van der Waals surface area contributed by atoms with Gasteiger partial charge in [-0.2, -0.15) is 0 Å². The van der Waals surface area contributed by atoms with E-state index >= 15 is 0 Å². The lowest BCUT2D eigenvalue weighted by atomic mass is 10.1. The van der Waals surface area contributed by atoms with E-state index in [0.717, 1.165) is 12.8 Å². The van der Waals surface area contributed by atoms with Gasteiger partial charge in [-0.3, -0.25) is 4.99 Å². The van der Waals surface area contributed by atoms with Crippen LogP contribution in [0.3, 0.4) is 0 Å². The number of aliphatic imine (C=N–C) groups is 1. The number of guanidine groups is 1. The molecule has 1 unspecified atom stereocenters. The summed E-state index contributed by atoms with van der Waals surface area (Å²) in [6.07, 6.45) is 3.00. The van der Waals surface area contributed by atoms with E-state index in [1.807, 2.05) is 0 Å². The maximum atomic E-state index is 11.7. The van der Waals surface area contributed by atoms with Crippen molar-refractivity contribution in [3.63, 3.8) is 0 Å². The molecule has 0 aliphatic carbocycles. The number of carbonyl (C=O) groups excluding carboxylic acids is 1. The average molecular weight is 272 g/mol. The number of hydrogen-bond donors (Lipinski definition) is 4. The maximum absolute atomic E-state index is 11.7. The quantitative estimate of drug-likeness (QED) is 0.255. The molecular weight excluding hydrogens is 248 g/mol. The fourth-order valence-corrected chi connectivity index (χ4v) is 1.89. The van der Waals surface area contributed by atoms with E-state index in [0.29, 0.717) is 32.5 Å². The zero-order valence-corrected chi connectivity index (χ0v) is 11.1. The van der Waals surface area contributed by atoms with Gasteiger partial charge in [0, 0.05) is 19.1 Å². The molecule has 0 aromatic heterocycles. The molecule has 1 heterocycles. The van der Waals surface area contributed by atoms with Gasteiger partial charge in [-0.1, -0.05) is 0 Å². The minimum Gasteiger partial charge on any atom is -0.370 e. The Hall–Kier alpha value is -1.38. The normalized spacial score (nSPS) is 21.7. The lowest BCUT2D eigenvalue weighted by Gasteiger charge is -2.29. The molecule has 2 atom stereocenters. The molecule has 1 fully saturated rings. The average Bonchev–Trinajstić information content (AvgIpc) is 2.34. The third-order valence-electron chi connectivity index (χ3n) is 2.91. The van der Waals surface area contributed by atoms with Crippen LogP contribution in [0.1, 0.15) is 25.7 Å². The van der Waals surface area contributed by atoms with Gasteiger partial charge in [0.2, 0.25) is 0 Å². The maximum Gasteiger partial charge on any atom is 0.341 e. The lowest BCUT2D eigenvalue weighted by Crippen LogP contribution is -2.46. The van der Waals surface area contributed by atoms with E-state index in [9.17, 15) is 4.79 Å². The minimum atomic E-state index is -0.660. The zero-order valence-electron chi connectivity index (χ0n) is 11.1. The van der Waals surface area contributed by atoms with Crippen LogP contribution in [0.5, 0.6) is 0 Å². The minimum absolute atomic E-state index is 0.0402. The second-order valence-corrected chi connectivity index (χ2v) is 4.76. The molecule has 8 nitrogen and oxygen atoms in total. The Morgan fingerprint density at radius 3 is 2.84 bits per heavy atom. The third kappa shape index (κ3) is 6.37. The predicted molar refractivity (Wildman–Crippen MR) is 72.8 cm³/mol. The number of nitrogens with zero attached hydrogens (tertiary/aromatic N) is 2. The smallest absolute Gasteiger partial charge is 0.341 e. The molecule has 110 valence electrons. The van der Waals surface area contributed by atoms with Gasteiger partial charge in [0.15, 0.2) is 5.96 Å². The summed E-state index contributed by atoms with van der Waals surface area (Å²) in [6, 6.07) is -0.605. The fraction of sp³-hybridized carbons (Fsp3) is 0.818. The van der Waals surface area contributed by atoms with Gasteiger partial charge in [0.25, 0.3) is 0 Å². The molecular formula is C11H24N6O2. The van der Waals surface area contributed by atoms with Gasteiger partial charge in [0.1, 0.15) is 6.04 Å². The van der Waals surface area contributed by atoms with E-state index < -0.39 is 12.0 Å². The van der Waals surface area contributed by atoms with Crippen LogP contribution in [0.15, 0.2) is 4.99 Å². The largest absolute Gasteiger partial charge is 0.370 e. The standard InChI is InChI=1S/C11H24N6O2/c12-8-3-2-6-17(7-8)19-10(18)9(13)4-1-5-16-11(14)15/h8-9H,1-7,12-13H2,(H4,14,15,16)/t8?,9-/m0/s1. The van der Waals surface area contributed by atoms with E-state index in [1.165, 1.54) is 0 Å². The molecule has 1 saturated heterocycles. The molecule has 0 bridgehead atoms. The van der Waals surface area contributed by atoms with Gasteiger partial charge >= 0.3 is 5.97 Å². The monoisotopic (exact) mass is 272 g/mol. The molecule has 1 aliphatic heterocycles. The first-order valence-electron chi connectivity index (χ1n) is 6.52. The Kier molecular flexibility index (Phi) is 6.54. The summed E-state index contributed by atoms with van der Waals surface area (Å²) >= 11 is 0. The molecule has 0 amide bonds. The molecule has 8 N–H and O–H groups in total. The van der Waals surface area contributed by atoms with Crippen LogP contribution in [0.25, 0.3) is 0 Å². The van der Waals surface area contributed by atoms with Crippen molar-refractivity contribution in [3.8, 4) is 0 Å². The first-order chi connectivity index (χ1) is 8.99. The third-order valence-corrected chi connectivity index (χ3v) is 2.91. The van der Waals surface area contributed by atoms with Gasteiger partial charge in [0.05, 0.1) is 6.54 Å². The highest BCUT2D eigenvalue weighted by Gasteiger charge is 2.23. The Morgan fingerprint density at radius 1 is 1.47 bits per heavy atom. The topological polar surface area (TPSA) is 146 Å². The Bertz CT molecular complexity index is 318. The summed E-state index contributed by atoms with van der Waals surface area (Å²) in [6.45, 7) is 1.73. The number of nitrogens with two attached hydrogens (primary N) is 4. The van der Waals surface area contributed by atoms with Crippen LogP contribution in [0, 0.1) is 0 Å². The lowest BCUT2D eigenvalue weighted by molar-refractivity contribution is -0.197. The van der Waals surface area contributed by atoms with Crippen molar-refractivity contribution < 1.29 is 9.63 Å². The first kappa shape index (κ1) is 15.7. The van der Waals surface area contributed by atoms with E-state index in [-0.39, 0.29) is 12.0 Å². The highest BCUT2D eigenvalue weighted by Crippen LogP contribution is 2.09.